The molecule has 0 unspecified atom stereocenters. The summed E-state index contributed by atoms with van der Waals surface area (Å²) in [6.45, 7) is 4.01. The number of hydrogen-bond acceptors (Lipinski definition) is 4. The van der Waals surface area contributed by atoms with Gasteiger partial charge in [0.25, 0.3) is 0 Å². The number of carboxylic acid groups (broad SMARTS) is 2. The summed E-state index contributed by atoms with van der Waals surface area (Å²) in [5.74, 6) is -2.07. The molecule has 2 N–H and O–H groups in total. The molecule has 0 aliphatic carbocycles. The predicted octanol–water partition coefficient (Wildman–Crippen LogP) is -1.33. The molecule has 0 radical (unpaired) electrons. The van der Waals surface area contributed by atoms with Crippen LogP contribution in [0.3, 0.4) is 0 Å². The average molecular weight is 303 g/mol. The Labute approximate surface area is 161 Å². The molecule has 0 aliphatic rings. The standard InChI is InChI=1S/C11H17N3O4.2Na.2H/c1-8-5-9(2)14(12-8)4-3-13(6-10(15)16)7-11(17)18;;;;/h5H,3-4,6-7H2,1-2H3,(H,15,16)(H,17,18);;;;. The van der Waals surface area contributed by atoms with Crippen molar-refractivity contribution in [3.05, 3.63) is 17.5 Å². The first-order chi connectivity index (χ1) is 8.38. The molecule has 0 bridgehead atoms. The van der Waals surface area contributed by atoms with Crippen molar-refractivity contribution in [1.82, 2.24) is 14.7 Å². The number of nitrogens with zero attached hydrogens (tertiary/aromatic N) is 3. The third-order valence-corrected chi connectivity index (χ3v) is 2.45. The Bertz CT molecular complexity index is 435. The fourth-order valence-corrected chi connectivity index (χ4v) is 1.73. The summed E-state index contributed by atoms with van der Waals surface area (Å²) in [7, 11) is 0. The Morgan fingerprint density at radius 1 is 1.20 bits per heavy atom. The first-order valence-corrected chi connectivity index (χ1v) is 5.55. The third kappa shape index (κ3) is 8.41. The number of aromatic nitrogens is 2. The Morgan fingerprint density at radius 2 is 1.70 bits per heavy atom. The van der Waals surface area contributed by atoms with Gasteiger partial charge in [-0.25, -0.2) is 0 Å². The first kappa shape index (κ1) is 22.4. The van der Waals surface area contributed by atoms with Crippen LogP contribution in [0, 0.1) is 13.8 Å². The van der Waals surface area contributed by atoms with Crippen LogP contribution in [0.15, 0.2) is 6.07 Å². The van der Waals surface area contributed by atoms with E-state index in [2.05, 4.69) is 5.10 Å². The van der Waals surface area contributed by atoms with Gasteiger partial charge in [0.2, 0.25) is 0 Å². The molecule has 0 amide bonds. The van der Waals surface area contributed by atoms with Gasteiger partial charge in [0.15, 0.2) is 0 Å². The Kier molecular flexibility index (Phi) is 12.1. The molecule has 7 nitrogen and oxygen atoms in total. The Morgan fingerprint density at radius 3 is 2.05 bits per heavy atom. The van der Waals surface area contributed by atoms with Gasteiger partial charge in [-0.05, 0) is 19.9 Å². The molecule has 0 aliphatic heterocycles. The minimum absolute atomic E-state index is 0. The van der Waals surface area contributed by atoms with E-state index < -0.39 is 11.9 Å². The van der Waals surface area contributed by atoms with Crippen molar-refractivity contribution in [2.24, 2.45) is 0 Å². The predicted molar refractivity (Wildman–Crippen MR) is 77.7 cm³/mol. The van der Waals surface area contributed by atoms with E-state index in [0.717, 1.165) is 11.4 Å². The third-order valence-electron chi connectivity index (χ3n) is 2.45. The molecule has 1 heterocycles. The zero-order valence-electron chi connectivity index (χ0n) is 10.5. The second kappa shape index (κ2) is 10.8. The summed E-state index contributed by atoms with van der Waals surface area (Å²) in [5.41, 5.74) is 1.86. The van der Waals surface area contributed by atoms with E-state index in [-0.39, 0.29) is 72.2 Å². The van der Waals surface area contributed by atoms with Crippen LogP contribution >= 0.6 is 0 Å². The van der Waals surface area contributed by atoms with E-state index in [1.165, 1.54) is 4.90 Å². The molecule has 0 spiro atoms. The van der Waals surface area contributed by atoms with Crippen LogP contribution in [0.4, 0.5) is 0 Å². The second-order valence-electron chi connectivity index (χ2n) is 4.15. The molecule has 1 rings (SSSR count). The maximum absolute atomic E-state index is 10.6. The molecule has 104 valence electrons. The van der Waals surface area contributed by atoms with Crippen LogP contribution in [0.5, 0.6) is 0 Å². The van der Waals surface area contributed by atoms with Crippen molar-refractivity contribution in [3.8, 4) is 0 Å². The monoisotopic (exact) mass is 303 g/mol. The SMILES string of the molecule is Cc1cc(C)n(CCN(CC(=O)O)CC(=O)O)n1.[NaH].[NaH]. The summed E-state index contributed by atoms with van der Waals surface area (Å²) in [5, 5.41) is 21.6. The van der Waals surface area contributed by atoms with Crippen LogP contribution in [0.2, 0.25) is 0 Å². The molecular weight excluding hydrogens is 284 g/mol. The van der Waals surface area contributed by atoms with Crippen molar-refractivity contribution in [3.63, 3.8) is 0 Å². The summed E-state index contributed by atoms with van der Waals surface area (Å²) in [4.78, 5) is 22.6. The molecule has 9 heteroatoms. The van der Waals surface area contributed by atoms with Crippen LogP contribution < -0.4 is 0 Å². The van der Waals surface area contributed by atoms with Crippen LogP contribution in [0.25, 0.3) is 0 Å². The normalized spacial score (nSPS) is 9.75. The van der Waals surface area contributed by atoms with E-state index in [4.69, 9.17) is 10.2 Å². The molecule has 0 saturated carbocycles. The van der Waals surface area contributed by atoms with Gasteiger partial charge in [-0.2, -0.15) is 5.10 Å². The van der Waals surface area contributed by atoms with Crippen molar-refractivity contribution in [2.75, 3.05) is 19.6 Å². The first-order valence-electron chi connectivity index (χ1n) is 5.55. The van der Waals surface area contributed by atoms with E-state index >= 15 is 0 Å². The number of rotatable bonds is 7. The van der Waals surface area contributed by atoms with E-state index in [1.54, 1.807) is 4.68 Å². The zero-order chi connectivity index (χ0) is 13.7. The average Bonchev–Trinajstić information content (AvgIpc) is 2.52. The molecule has 20 heavy (non-hydrogen) atoms. The number of carboxylic acids is 2. The van der Waals surface area contributed by atoms with Crippen molar-refractivity contribution in [2.45, 2.75) is 20.4 Å². The van der Waals surface area contributed by atoms with E-state index in [1.807, 2.05) is 19.9 Å². The van der Waals surface area contributed by atoms with Crippen molar-refractivity contribution < 1.29 is 19.8 Å². The summed E-state index contributed by atoms with van der Waals surface area (Å²) in [6.07, 6.45) is 0. The number of aryl methyl sites for hydroxylation is 2. The molecule has 1 aromatic rings. The summed E-state index contributed by atoms with van der Waals surface area (Å²) in [6, 6.07) is 1.92. The van der Waals surface area contributed by atoms with Gasteiger partial charge >= 0.3 is 71.1 Å². The van der Waals surface area contributed by atoms with Crippen molar-refractivity contribution in [1.29, 1.82) is 0 Å². The Balaban J connectivity index is 0. The molecule has 0 fully saturated rings. The maximum atomic E-state index is 10.6. The van der Waals surface area contributed by atoms with Gasteiger partial charge in [0, 0.05) is 12.2 Å². The van der Waals surface area contributed by atoms with E-state index in [9.17, 15) is 9.59 Å². The fraction of sp³-hybridized carbons (Fsp3) is 0.545. The van der Waals surface area contributed by atoms with Gasteiger partial charge in [0.05, 0.1) is 25.3 Å². The molecule has 0 atom stereocenters. The minimum atomic E-state index is -1.04. The zero-order valence-corrected chi connectivity index (χ0v) is 10.5. The quantitative estimate of drug-likeness (QED) is 0.606. The van der Waals surface area contributed by atoms with Crippen LogP contribution in [-0.4, -0.2) is 116 Å². The number of carbonyl (C=O) groups is 2. The Hall–Kier alpha value is 0.110. The van der Waals surface area contributed by atoms with Crippen molar-refractivity contribution >= 4 is 71.1 Å². The molecule has 0 aromatic carbocycles. The van der Waals surface area contributed by atoms with Gasteiger partial charge in [-0.1, -0.05) is 0 Å². The second-order valence-corrected chi connectivity index (χ2v) is 4.15. The van der Waals surface area contributed by atoms with Crippen LogP contribution in [-0.2, 0) is 16.1 Å². The van der Waals surface area contributed by atoms with E-state index in [0.29, 0.717) is 13.1 Å². The molecule has 0 saturated heterocycles. The molecular formula is C11H19N3Na2O4. The topological polar surface area (TPSA) is 95.7 Å². The fourth-order valence-electron chi connectivity index (χ4n) is 1.73. The summed E-state index contributed by atoms with van der Waals surface area (Å²) >= 11 is 0. The van der Waals surface area contributed by atoms with Gasteiger partial charge in [0.1, 0.15) is 0 Å². The van der Waals surface area contributed by atoms with Gasteiger partial charge in [-0.15, -0.1) is 0 Å². The summed E-state index contributed by atoms with van der Waals surface area (Å²) < 4.78 is 1.74. The number of aliphatic carboxylic acids is 2. The van der Waals surface area contributed by atoms with Gasteiger partial charge < -0.3 is 10.2 Å². The molecule has 1 aromatic heterocycles. The number of hydrogen-bond donors (Lipinski definition) is 2. The van der Waals surface area contributed by atoms with Gasteiger partial charge in [-0.3, -0.25) is 19.2 Å². The van der Waals surface area contributed by atoms with Crippen LogP contribution in [0.1, 0.15) is 11.4 Å².